The normalized spacial score (nSPS) is 15.0. The summed E-state index contributed by atoms with van der Waals surface area (Å²) < 4.78 is 0. The van der Waals surface area contributed by atoms with Crippen LogP contribution in [0, 0.1) is 5.92 Å². The van der Waals surface area contributed by atoms with Gasteiger partial charge in [-0.05, 0) is 49.4 Å². The van der Waals surface area contributed by atoms with E-state index in [0.29, 0.717) is 11.5 Å². The molecule has 0 saturated carbocycles. The van der Waals surface area contributed by atoms with Gasteiger partial charge >= 0.3 is 0 Å². The SMILES string of the molecule is CC(C)CNc1ccc(C(=O)Nc2ccc(N3CCN(C)CC3)cc2)cn1. The number of carbonyl (C=O) groups excluding carboxylic acids is 1. The Balaban J connectivity index is 1.56. The lowest BCUT2D eigenvalue weighted by molar-refractivity contribution is 0.102. The Kier molecular flexibility index (Phi) is 6.29. The molecule has 0 unspecified atom stereocenters. The first kappa shape index (κ1) is 19.2. The number of aromatic nitrogens is 1. The van der Waals surface area contributed by atoms with Gasteiger partial charge in [-0.25, -0.2) is 4.98 Å². The van der Waals surface area contributed by atoms with Crippen LogP contribution in [0.25, 0.3) is 0 Å². The molecule has 6 heteroatoms. The maximum Gasteiger partial charge on any atom is 0.257 e. The smallest absolute Gasteiger partial charge is 0.257 e. The molecule has 3 rings (SSSR count). The molecule has 0 spiro atoms. The fraction of sp³-hybridized carbons (Fsp3) is 0.429. The van der Waals surface area contributed by atoms with E-state index in [-0.39, 0.29) is 5.91 Å². The number of amides is 1. The number of rotatable bonds is 6. The largest absolute Gasteiger partial charge is 0.370 e. The van der Waals surface area contributed by atoms with Crippen molar-refractivity contribution in [3.05, 3.63) is 48.2 Å². The van der Waals surface area contributed by atoms with Crippen LogP contribution >= 0.6 is 0 Å². The number of nitrogens with zero attached hydrogens (tertiary/aromatic N) is 3. The van der Waals surface area contributed by atoms with E-state index in [2.05, 4.69) is 58.4 Å². The number of benzene rings is 1. The number of pyridine rings is 1. The van der Waals surface area contributed by atoms with Gasteiger partial charge in [-0.15, -0.1) is 0 Å². The third-order valence-corrected chi connectivity index (χ3v) is 4.71. The maximum absolute atomic E-state index is 12.4. The van der Waals surface area contributed by atoms with Crippen molar-refractivity contribution in [1.82, 2.24) is 9.88 Å². The highest BCUT2D eigenvalue weighted by Crippen LogP contribution is 2.20. The molecule has 0 atom stereocenters. The number of nitrogens with one attached hydrogen (secondary N) is 2. The predicted molar refractivity (Wildman–Crippen MR) is 112 cm³/mol. The van der Waals surface area contributed by atoms with Crippen molar-refractivity contribution in [2.75, 3.05) is 55.3 Å². The van der Waals surface area contributed by atoms with Gasteiger partial charge in [0.1, 0.15) is 5.82 Å². The van der Waals surface area contributed by atoms with Crippen molar-refractivity contribution >= 4 is 23.1 Å². The Labute approximate surface area is 161 Å². The first-order chi connectivity index (χ1) is 13.0. The molecule has 27 heavy (non-hydrogen) atoms. The zero-order valence-corrected chi connectivity index (χ0v) is 16.4. The van der Waals surface area contributed by atoms with E-state index in [9.17, 15) is 4.79 Å². The van der Waals surface area contributed by atoms with E-state index in [1.54, 1.807) is 12.3 Å². The first-order valence-electron chi connectivity index (χ1n) is 9.56. The maximum atomic E-state index is 12.4. The number of hydrogen-bond donors (Lipinski definition) is 2. The minimum Gasteiger partial charge on any atom is -0.370 e. The molecule has 6 nitrogen and oxygen atoms in total. The van der Waals surface area contributed by atoms with E-state index < -0.39 is 0 Å². The van der Waals surface area contributed by atoms with Crippen molar-refractivity contribution in [2.24, 2.45) is 5.92 Å². The van der Waals surface area contributed by atoms with Gasteiger partial charge in [-0.3, -0.25) is 4.79 Å². The summed E-state index contributed by atoms with van der Waals surface area (Å²) in [6.45, 7) is 9.36. The van der Waals surface area contributed by atoms with Gasteiger partial charge in [-0.1, -0.05) is 13.8 Å². The van der Waals surface area contributed by atoms with E-state index in [4.69, 9.17) is 0 Å². The van der Waals surface area contributed by atoms with Gasteiger partial charge in [0.2, 0.25) is 0 Å². The second kappa shape index (κ2) is 8.86. The monoisotopic (exact) mass is 367 g/mol. The molecule has 1 saturated heterocycles. The van der Waals surface area contributed by atoms with Gasteiger partial charge in [-0.2, -0.15) is 0 Å². The van der Waals surface area contributed by atoms with E-state index in [0.717, 1.165) is 44.2 Å². The van der Waals surface area contributed by atoms with Gasteiger partial charge in [0, 0.05) is 50.3 Å². The Morgan fingerprint density at radius 2 is 1.78 bits per heavy atom. The molecule has 1 aromatic heterocycles. The molecule has 144 valence electrons. The van der Waals surface area contributed by atoms with Gasteiger partial charge in [0.15, 0.2) is 0 Å². The molecule has 1 aliphatic rings. The van der Waals surface area contributed by atoms with Crippen LogP contribution in [0.5, 0.6) is 0 Å². The van der Waals surface area contributed by atoms with Crippen LogP contribution in [0.2, 0.25) is 0 Å². The van der Waals surface area contributed by atoms with E-state index in [1.165, 1.54) is 5.69 Å². The standard InChI is InChI=1S/C21H29N5O/c1-16(2)14-22-20-9-4-17(15-23-20)21(27)24-18-5-7-19(8-6-18)26-12-10-25(3)11-13-26/h4-9,15-16H,10-14H2,1-3H3,(H,22,23)(H,24,27). The predicted octanol–water partition coefficient (Wildman–Crippen LogP) is 3.15. The molecular formula is C21H29N5O. The molecule has 1 amide bonds. The van der Waals surface area contributed by atoms with Crippen LogP contribution in [0.3, 0.4) is 0 Å². The van der Waals surface area contributed by atoms with Crippen LogP contribution in [0.1, 0.15) is 24.2 Å². The van der Waals surface area contributed by atoms with Crippen LogP contribution in [-0.2, 0) is 0 Å². The van der Waals surface area contributed by atoms with E-state index in [1.807, 2.05) is 18.2 Å². The summed E-state index contributed by atoms with van der Waals surface area (Å²) in [5.41, 5.74) is 2.54. The second-order valence-electron chi connectivity index (χ2n) is 7.50. The van der Waals surface area contributed by atoms with Gasteiger partial charge in [0.25, 0.3) is 5.91 Å². The van der Waals surface area contributed by atoms with Gasteiger partial charge < -0.3 is 20.4 Å². The minimum absolute atomic E-state index is 0.148. The molecule has 1 aromatic carbocycles. The molecule has 2 heterocycles. The summed E-state index contributed by atoms with van der Waals surface area (Å²) in [6.07, 6.45) is 1.61. The fourth-order valence-corrected chi connectivity index (χ4v) is 2.96. The zero-order valence-electron chi connectivity index (χ0n) is 16.4. The third-order valence-electron chi connectivity index (χ3n) is 4.71. The molecule has 1 fully saturated rings. The lowest BCUT2D eigenvalue weighted by Gasteiger charge is -2.34. The summed E-state index contributed by atoms with van der Waals surface area (Å²) in [7, 11) is 2.15. The number of hydrogen-bond acceptors (Lipinski definition) is 5. The highest BCUT2D eigenvalue weighted by molar-refractivity contribution is 6.04. The summed E-state index contributed by atoms with van der Waals surface area (Å²) in [5.74, 6) is 1.19. The second-order valence-corrected chi connectivity index (χ2v) is 7.50. The average Bonchev–Trinajstić information content (AvgIpc) is 2.68. The summed E-state index contributed by atoms with van der Waals surface area (Å²) in [5, 5.41) is 6.19. The highest BCUT2D eigenvalue weighted by atomic mass is 16.1. The third kappa shape index (κ3) is 5.44. The highest BCUT2D eigenvalue weighted by Gasteiger charge is 2.14. The summed E-state index contributed by atoms with van der Waals surface area (Å²) in [6, 6.07) is 11.7. The molecule has 0 aliphatic carbocycles. The average molecular weight is 367 g/mol. The van der Waals surface area contributed by atoms with Crippen molar-refractivity contribution < 1.29 is 4.79 Å². The number of carbonyl (C=O) groups is 1. The van der Waals surface area contributed by atoms with Crippen LogP contribution < -0.4 is 15.5 Å². The van der Waals surface area contributed by atoms with E-state index >= 15 is 0 Å². The topological polar surface area (TPSA) is 60.5 Å². The number of anilines is 3. The van der Waals surface area contributed by atoms with Crippen LogP contribution in [0.15, 0.2) is 42.6 Å². The Morgan fingerprint density at radius 1 is 1.07 bits per heavy atom. The fourth-order valence-electron chi connectivity index (χ4n) is 2.96. The quantitative estimate of drug-likeness (QED) is 0.821. The lowest BCUT2D eigenvalue weighted by Crippen LogP contribution is -2.44. The van der Waals surface area contributed by atoms with Gasteiger partial charge in [0.05, 0.1) is 5.56 Å². The van der Waals surface area contributed by atoms with Crippen molar-refractivity contribution in [3.63, 3.8) is 0 Å². The zero-order chi connectivity index (χ0) is 19.2. The molecule has 0 radical (unpaired) electrons. The molecule has 1 aliphatic heterocycles. The van der Waals surface area contributed by atoms with Crippen molar-refractivity contribution in [2.45, 2.75) is 13.8 Å². The minimum atomic E-state index is -0.148. The Bertz CT molecular complexity index is 734. The molecule has 2 N–H and O–H groups in total. The van der Waals surface area contributed by atoms with Crippen molar-refractivity contribution in [1.29, 1.82) is 0 Å². The number of piperazine rings is 1. The summed E-state index contributed by atoms with van der Waals surface area (Å²) >= 11 is 0. The Morgan fingerprint density at radius 3 is 2.37 bits per heavy atom. The van der Waals surface area contributed by atoms with Crippen LogP contribution in [-0.4, -0.2) is 55.6 Å². The van der Waals surface area contributed by atoms with Crippen LogP contribution in [0.4, 0.5) is 17.2 Å². The first-order valence-corrected chi connectivity index (χ1v) is 9.56. The molecule has 0 bridgehead atoms. The summed E-state index contributed by atoms with van der Waals surface area (Å²) in [4.78, 5) is 21.4. The van der Waals surface area contributed by atoms with Crippen molar-refractivity contribution in [3.8, 4) is 0 Å². The molecular weight excluding hydrogens is 338 g/mol. The Hall–Kier alpha value is -2.60. The lowest BCUT2D eigenvalue weighted by atomic mass is 10.2. The number of likely N-dealkylation sites (N-methyl/N-ethyl adjacent to an activating group) is 1. The molecule has 2 aromatic rings.